The summed E-state index contributed by atoms with van der Waals surface area (Å²) in [6.45, 7) is -1.27. The van der Waals surface area contributed by atoms with Crippen LogP contribution in [0.1, 0.15) is 20.7 Å². The standard InChI is InChI=1S/C18H16F2N2O8/c1-27-17(23)10-4-3-9(5-14(10)22(25)26)29-16(8-19)30-15-7-13(21)11(6-12(15)20)18(24)28-2/h3-7,16H,8,21H2,1-2H3. The Morgan fingerprint density at radius 2 is 1.73 bits per heavy atom. The van der Waals surface area contributed by atoms with E-state index in [4.69, 9.17) is 15.2 Å². The van der Waals surface area contributed by atoms with Crippen molar-refractivity contribution in [3.63, 3.8) is 0 Å². The van der Waals surface area contributed by atoms with Crippen LogP contribution in [0.4, 0.5) is 20.2 Å². The molecule has 2 aromatic carbocycles. The molecule has 12 heteroatoms. The number of nitrogen functional groups attached to an aromatic ring is 1. The zero-order valence-corrected chi connectivity index (χ0v) is 15.7. The fourth-order valence-corrected chi connectivity index (χ4v) is 2.34. The van der Waals surface area contributed by atoms with E-state index in [1.807, 2.05) is 0 Å². The Kier molecular flexibility index (Phi) is 7.07. The summed E-state index contributed by atoms with van der Waals surface area (Å²) >= 11 is 0. The van der Waals surface area contributed by atoms with Crippen molar-refractivity contribution in [1.82, 2.24) is 0 Å². The maximum absolute atomic E-state index is 14.2. The van der Waals surface area contributed by atoms with Crippen LogP contribution in [0.15, 0.2) is 30.3 Å². The Balaban J connectivity index is 2.27. The Hall–Kier alpha value is -3.96. The van der Waals surface area contributed by atoms with Gasteiger partial charge in [0.25, 0.3) is 12.0 Å². The van der Waals surface area contributed by atoms with Crippen molar-refractivity contribution in [2.75, 3.05) is 26.6 Å². The summed E-state index contributed by atoms with van der Waals surface area (Å²) < 4.78 is 46.7. The van der Waals surface area contributed by atoms with Gasteiger partial charge in [0.15, 0.2) is 18.2 Å². The molecule has 10 nitrogen and oxygen atoms in total. The minimum Gasteiger partial charge on any atom is -0.465 e. The number of nitro benzene ring substituents is 1. The number of carbonyl (C=O) groups excluding carboxylic acids is 2. The molecule has 160 valence electrons. The molecule has 0 aliphatic rings. The summed E-state index contributed by atoms with van der Waals surface area (Å²) in [6.07, 6.45) is -1.72. The van der Waals surface area contributed by atoms with Gasteiger partial charge in [-0.15, -0.1) is 0 Å². The van der Waals surface area contributed by atoms with Gasteiger partial charge in [0.1, 0.15) is 11.3 Å². The van der Waals surface area contributed by atoms with Gasteiger partial charge in [-0.3, -0.25) is 10.1 Å². The summed E-state index contributed by atoms with van der Waals surface area (Å²) in [6, 6.07) is 4.76. The van der Waals surface area contributed by atoms with Gasteiger partial charge in [-0.25, -0.2) is 18.4 Å². The highest BCUT2D eigenvalue weighted by Gasteiger charge is 2.24. The molecule has 0 spiro atoms. The van der Waals surface area contributed by atoms with Crippen molar-refractivity contribution >= 4 is 23.3 Å². The number of nitro groups is 1. The minimum absolute atomic E-state index is 0.186. The first-order chi connectivity index (χ1) is 14.2. The number of rotatable bonds is 8. The van der Waals surface area contributed by atoms with Crippen LogP contribution in [0.3, 0.4) is 0 Å². The van der Waals surface area contributed by atoms with Crippen LogP contribution < -0.4 is 15.2 Å². The SMILES string of the molecule is COC(=O)c1cc(F)c(OC(CF)Oc2ccc(C(=O)OC)c([N+](=O)[O-])c2)cc1N. The predicted molar refractivity (Wildman–Crippen MR) is 97.6 cm³/mol. The normalized spacial score (nSPS) is 11.3. The lowest BCUT2D eigenvalue weighted by molar-refractivity contribution is -0.385. The molecule has 2 rings (SSSR count). The van der Waals surface area contributed by atoms with Crippen LogP contribution in [-0.4, -0.2) is 44.0 Å². The average Bonchev–Trinajstić information content (AvgIpc) is 2.74. The van der Waals surface area contributed by atoms with E-state index in [1.165, 1.54) is 0 Å². The largest absolute Gasteiger partial charge is 0.465 e. The second-order valence-corrected chi connectivity index (χ2v) is 5.61. The molecule has 0 aliphatic heterocycles. The highest BCUT2D eigenvalue weighted by molar-refractivity contribution is 5.95. The van der Waals surface area contributed by atoms with Crippen LogP contribution in [0.2, 0.25) is 0 Å². The lowest BCUT2D eigenvalue weighted by atomic mass is 10.1. The number of hydrogen-bond acceptors (Lipinski definition) is 9. The number of nitrogens with zero attached hydrogens (tertiary/aromatic N) is 1. The van der Waals surface area contributed by atoms with Crippen molar-refractivity contribution < 1.29 is 42.2 Å². The smallest absolute Gasteiger partial charge is 0.344 e. The van der Waals surface area contributed by atoms with Gasteiger partial charge in [0, 0.05) is 6.07 Å². The highest BCUT2D eigenvalue weighted by Crippen LogP contribution is 2.29. The predicted octanol–water partition coefficient (Wildman–Crippen LogP) is 2.64. The number of methoxy groups -OCH3 is 2. The molecule has 0 aromatic heterocycles. The van der Waals surface area contributed by atoms with E-state index in [2.05, 4.69) is 9.47 Å². The van der Waals surface area contributed by atoms with E-state index in [0.29, 0.717) is 0 Å². The molecule has 0 saturated carbocycles. The van der Waals surface area contributed by atoms with E-state index in [-0.39, 0.29) is 22.6 Å². The third kappa shape index (κ3) is 4.90. The monoisotopic (exact) mass is 426 g/mol. The number of esters is 2. The third-order valence-electron chi connectivity index (χ3n) is 3.73. The first kappa shape index (κ1) is 22.3. The summed E-state index contributed by atoms with van der Waals surface area (Å²) in [7, 11) is 2.14. The lowest BCUT2D eigenvalue weighted by Gasteiger charge is -2.19. The number of nitrogens with two attached hydrogens (primary N) is 1. The second-order valence-electron chi connectivity index (χ2n) is 5.61. The van der Waals surface area contributed by atoms with Crippen LogP contribution >= 0.6 is 0 Å². The van der Waals surface area contributed by atoms with Crippen molar-refractivity contribution in [2.45, 2.75) is 6.29 Å². The van der Waals surface area contributed by atoms with E-state index < -0.39 is 47.1 Å². The molecule has 0 bridgehead atoms. The molecular weight excluding hydrogens is 410 g/mol. The first-order valence-corrected chi connectivity index (χ1v) is 8.15. The second kappa shape index (κ2) is 9.49. The fraction of sp³-hybridized carbons (Fsp3) is 0.222. The summed E-state index contributed by atoms with van der Waals surface area (Å²) in [5.41, 5.74) is 4.22. The van der Waals surface area contributed by atoms with Gasteiger partial charge < -0.3 is 24.7 Å². The molecule has 0 fully saturated rings. The maximum atomic E-state index is 14.2. The van der Waals surface area contributed by atoms with Crippen LogP contribution in [0, 0.1) is 15.9 Å². The van der Waals surface area contributed by atoms with E-state index >= 15 is 0 Å². The molecule has 1 unspecified atom stereocenters. The van der Waals surface area contributed by atoms with Crippen LogP contribution in [0.5, 0.6) is 11.5 Å². The Morgan fingerprint density at radius 1 is 1.10 bits per heavy atom. The number of carbonyl (C=O) groups is 2. The van der Waals surface area contributed by atoms with E-state index in [0.717, 1.165) is 44.6 Å². The molecule has 0 amide bonds. The van der Waals surface area contributed by atoms with Gasteiger partial charge in [0.2, 0.25) is 0 Å². The molecule has 0 heterocycles. The Morgan fingerprint density at radius 3 is 2.30 bits per heavy atom. The van der Waals surface area contributed by atoms with Gasteiger partial charge in [-0.2, -0.15) is 0 Å². The van der Waals surface area contributed by atoms with Gasteiger partial charge in [-0.05, 0) is 18.2 Å². The molecule has 1 atom stereocenters. The molecular formula is C18H16F2N2O8. The maximum Gasteiger partial charge on any atom is 0.344 e. The van der Waals surface area contributed by atoms with Gasteiger partial charge in [-0.1, -0.05) is 0 Å². The third-order valence-corrected chi connectivity index (χ3v) is 3.73. The number of alkyl halides is 1. The van der Waals surface area contributed by atoms with Gasteiger partial charge >= 0.3 is 11.9 Å². The first-order valence-electron chi connectivity index (χ1n) is 8.15. The lowest BCUT2D eigenvalue weighted by Crippen LogP contribution is -2.27. The summed E-state index contributed by atoms with van der Waals surface area (Å²) in [5.74, 6) is -3.62. The fourth-order valence-electron chi connectivity index (χ4n) is 2.34. The molecule has 2 aromatic rings. The van der Waals surface area contributed by atoms with Crippen molar-refractivity contribution in [3.8, 4) is 11.5 Å². The number of benzene rings is 2. The molecule has 0 aliphatic carbocycles. The summed E-state index contributed by atoms with van der Waals surface area (Å²) in [4.78, 5) is 33.4. The van der Waals surface area contributed by atoms with E-state index in [9.17, 15) is 28.5 Å². The Labute approximate surface area is 168 Å². The number of anilines is 1. The highest BCUT2D eigenvalue weighted by atomic mass is 19.1. The molecule has 30 heavy (non-hydrogen) atoms. The zero-order chi connectivity index (χ0) is 22.4. The number of ether oxygens (including phenoxy) is 4. The Bertz CT molecular complexity index is 983. The quantitative estimate of drug-likeness (QED) is 0.222. The zero-order valence-electron chi connectivity index (χ0n) is 15.7. The molecule has 0 saturated heterocycles. The number of halogens is 2. The van der Waals surface area contributed by atoms with Gasteiger partial charge in [0.05, 0.1) is 36.5 Å². The van der Waals surface area contributed by atoms with Crippen LogP contribution in [0.25, 0.3) is 0 Å². The van der Waals surface area contributed by atoms with Crippen molar-refractivity contribution in [2.24, 2.45) is 0 Å². The molecule has 2 N–H and O–H groups in total. The van der Waals surface area contributed by atoms with Crippen molar-refractivity contribution in [3.05, 3.63) is 57.4 Å². The number of hydrogen-bond donors (Lipinski definition) is 1. The average molecular weight is 426 g/mol. The minimum atomic E-state index is -1.72. The topological polar surface area (TPSA) is 140 Å². The summed E-state index contributed by atoms with van der Waals surface area (Å²) in [5, 5.41) is 11.2. The molecule has 0 radical (unpaired) electrons. The van der Waals surface area contributed by atoms with Crippen LogP contribution in [-0.2, 0) is 9.47 Å². The van der Waals surface area contributed by atoms with Crippen molar-refractivity contribution in [1.29, 1.82) is 0 Å². The van der Waals surface area contributed by atoms with E-state index in [1.54, 1.807) is 0 Å².